The second-order valence-corrected chi connectivity index (χ2v) is 6.08. The van der Waals surface area contributed by atoms with E-state index in [4.69, 9.17) is 4.42 Å². The van der Waals surface area contributed by atoms with Crippen LogP contribution in [-0.2, 0) is 0 Å². The van der Waals surface area contributed by atoms with Gasteiger partial charge >= 0.3 is 0 Å². The molecule has 1 unspecified atom stereocenters. The van der Waals surface area contributed by atoms with Crippen molar-refractivity contribution in [3.8, 4) is 0 Å². The molecule has 0 amide bonds. The van der Waals surface area contributed by atoms with E-state index in [0.717, 1.165) is 30.0 Å². The van der Waals surface area contributed by atoms with Gasteiger partial charge in [-0.1, -0.05) is 13.0 Å². The van der Waals surface area contributed by atoms with Crippen molar-refractivity contribution < 1.29 is 8.81 Å². The third-order valence-corrected chi connectivity index (χ3v) is 4.26. The number of nitrogens with zero attached hydrogens (tertiary/aromatic N) is 1. The van der Waals surface area contributed by atoms with Gasteiger partial charge in [0, 0.05) is 6.04 Å². The van der Waals surface area contributed by atoms with Crippen LogP contribution in [0.4, 0.5) is 4.39 Å². The van der Waals surface area contributed by atoms with Crippen LogP contribution in [0.2, 0.25) is 0 Å². The van der Waals surface area contributed by atoms with Crippen molar-refractivity contribution in [2.75, 3.05) is 6.54 Å². The van der Waals surface area contributed by atoms with Crippen LogP contribution in [0.5, 0.6) is 0 Å². The smallest absolute Gasteiger partial charge is 0.261 e. The van der Waals surface area contributed by atoms with Crippen molar-refractivity contribution in [2.45, 2.75) is 50.3 Å². The molecule has 1 aromatic heterocycles. The number of aromatic nitrogens is 1. The molecule has 0 aliphatic rings. The zero-order valence-corrected chi connectivity index (χ0v) is 13.7. The van der Waals surface area contributed by atoms with Gasteiger partial charge < -0.3 is 9.73 Å². The maximum atomic E-state index is 14.2. The van der Waals surface area contributed by atoms with Gasteiger partial charge in [-0.2, -0.15) is 0 Å². The van der Waals surface area contributed by atoms with Gasteiger partial charge in [0.25, 0.3) is 5.22 Å². The molecule has 0 fully saturated rings. The Morgan fingerprint density at radius 3 is 2.71 bits per heavy atom. The number of nitrogens with one attached hydrogen (secondary N) is 1. The van der Waals surface area contributed by atoms with Crippen molar-refractivity contribution in [2.24, 2.45) is 0 Å². The zero-order chi connectivity index (χ0) is 15.4. The molecule has 0 radical (unpaired) electrons. The van der Waals surface area contributed by atoms with Crippen molar-refractivity contribution in [3.05, 3.63) is 41.0 Å². The Labute approximate surface area is 129 Å². The summed E-state index contributed by atoms with van der Waals surface area (Å²) < 4.78 is 19.7. The fraction of sp³-hybridized carbons (Fsp3) is 0.438. The fourth-order valence-electron chi connectivity index (χ4n) is 1.93. The Hall–Kier alpha value is -1.33. The van der Waals surface area contributed by atoms with Crippen LogP contribution in [0.1, 0.15) is 43.3 Å². The van der Waals surface area contributed by atoms with Crippen LogP contribution in [0.25, 0.3) is 0 Å². The maximum absolute atomic E-state index is 14.2. The number of rotatable bonds is 6. The van der Waals surface area contributed by atoms with E-state index in [-0.39, 0.29) is 11.9 Å². The Balaban J connectivity index is 2.11. The van der Waals surface area contributed by atoms with E-state index in [9.17, 15) is 4.39 Å². The van der Waals surface area contributed by atoms with Gasteiger partial charge in [0.2, 0.25) is 0 Å². The molecule has 0 bridgehead atoms. The predicted molar refractivity (Wildman–Crippen MR) is 83.2 cm³/mol. The summed E-state index contributed by atoms with van der Waals surface area (Å²) in [5, 5.41) is 3.83. The quantitative estimate of drug-likeness (QED) is 0.843. The molecule has 1 heterocycles. The number of oxazole rings is 1. The van der Waals surface area contributed by atoms with Crippen LogP contribution in [0, 0.1) is 19.7 Å². The van der Waals surface area contributed by atoms with E-state index in [1.54, 1.807) is 12.1 Å². The van der Waals surface area contributed by atoms with Crippen LogP contribution >= 0.6 is 11.8 Å². The Bertz CT molecular complexity index is 593. The van der Waals surface area contributed by atoms with Gasteiger partial charge in [0.15, 0.2) is 0 Å². The summed E-state index contributed by atoms with van der Waals surface area (Å²) >= 11 is 1.21. The number of hydrogen-bond donors (Lipinski definition) is 1. The first-order chi connectivity index (χ1) is 10.0. The predicted octanol–water partition coefficient (Wildman–Crippen LogP) is 4.64. The monoisotopic (exact) mass is 308 g/mol. The highest BCUT2D eigenvalue weighted by atomic mass is 32.2. The number of hydrogen-bond acceptors (Lipinski definition) is 4. The fourth-order valence-corrected chi connectivity index (χ4v) is 2.76. The minimum Gasteiger partial charge on any atom is -0.436 e. The molecule has 5 heteroatoms. The van der Waals surface area contributed by atoms with Crippen molar-refractivity contribution in [1.29, 1.82) is 0 Å². The van der Waals surface area contributed by atoms with Crippen LogP contribution in [0.15, 0.2) is 32.7 Å². The molecule has 0 saturated carbocycles. The van der Waals surface area contributed by atoms with Gasteiger partial charge in [-0.15, -0.1) is 0 Å². The zero-order valence-electron chi connectivity index (χ0n) is 12.9. The van der Waals surface area contributed by atoms with Gasteiger partial charge in [-0.05, 0) is 63.2 Å². The topological polar surface area (TPSA) is 38.1 Å². The van der Waals surface area contributed by atoms with Gasteiger partial charge in [0.1, 0.15) is 11.6 Å². The normalized spacial score (nSPS) is 12.6. The summed E-state index contributed by atoms with van der Waals surface area (Å²) in [5.41, 5.74) is 1.79. The second-order valence-electron chi connectivity index (χ2n) is 5.09. The lowest BCUT2D eigenvalue weighted by Gasteiger charge is -2.14. The standard InChI is InChI=1S/C16H21FN2OS/c1-5-8-18-11(3)13-6-7-15(14(17)9-13)21-16-19-10(2)12(4)20-16/h6-7,9,11,18H,5,8H2,1-4H3. The molecule has 2 rings (SSSR count). The van der Waals surface area contributed by atoms with E-state index in [0.29, 0.717) is 10.1 Å². The molecular formula is C16H21FN2OS. The van der Waals surface area contributed by atoms with E-state index in [2.05, 4.69) is 17.2 Å². The molecule has 0 spiro atoms. The van der Waals surface area contributed by atoms with E-state index in [1.807, 2.05) is 26.8 Å². The molecule has 0 aliphatic carbocycles. The minimum absolute atomic E-state index is 0.143. The van der Waals surface area contributed by atoms with Crippen molar-refractivity contribution >= 4 is 11.8 Å². The molecule has 114 valence electrons. The maximum Gasteiger partial charge on any atom is 0.261 e. The molecule has 3 nitrogen and oxygen atoms in total. The Kier molecular flexibility index (Phi) is 5.42. The molecular weight excluding hydrogens is 287 g/mol. The van der Waals surface area contributed by atoms with Crippen molar-refractivity contribution in [1.82, 2.24) is 10.3 Å². The van der Waals surface area contributed by atoms with E-state index in [1.165, 1.54) is 11.8 Å². The highest BCUT2D eigenvalue weighted by molar-refractivity contribution is 7.99. The summed E-state index contributed by atoms with van der Waals surface area (Å²) in [7, 11) is 0. The van der Waals surface area contributed by atoms with E-state index >= 15 is 0 Å². The lowest BCUT2D eigenvalue weighted by atomic mass is 10.1. The number of benzene rings is 1. The second kappa shape index (κ2) is 7.09. The SMILES string of the molecule is CCCNC(C)c1ccc(Sc2nc(C)c(C)o2)c(F)c1. The number of aryl methyl sites for hydroxylation is 2. The molecule has 0 aliphatic heterocycles. The average molecular weight is 308 g/mol. The summed E-state index contributed by atoms with van der Waals surface area (Å²) in [6.45, 7) is 8.81. The lowest BCUT2D eigenvalue weighted by molar-refractivity contribution is 0.430. The first-order valence-corrected chi connectivity index (χ1v) is 7.97. The summed E-state index contributed by atoms with van der Waals surface area (Å²) in [6, 6.07) is 5.46. The minimum atomic E-state index is -0.240. The van der Waals surface area contributed by atoms with Crippen LogP contribution < -0.4 is 5.32 Å². The first kappa shape index (κ1) is 16.0. The van der Waals surface area contributed by atoms with E-state index < -0.39 is 0 Å². The van der Waals surface area contributed by atoms with Crippen molar-refractivity contribution in [3.63, 3.8) is 0 Å². The molecule has 1 N–H and O–H groups in total. The third-order valence-electron chi connectivity index (χ3n) is 3.36. The Morgan fingerprint density at radius 1 is 1.38 bits per heavy atom. The summed E-state index contributed by atoms with van der Waals surface area (Å²) in [5.74, 6) is 0.531. The van der Waals surface area contributed by atoms with Crippen LogP contribution in [0.3, 0.4) is 0 Å². The molecule has 0 saturated heterocycles. The summed E-state index contributed by atoms with van der Waals surface area (Å²) in [6.07, 6.45) is 1.06. The number of halogens is 1. The average Bonchev–Trinajstić information content (AvgIpc) is 2.77. The van der Waals surface area contributed by atoms with Crippen LogP contribution in [-0.4, -0.2) is 11.5 Å². The molecule has 1 aromatic carbocycles. The Morgan fingerprint density at radius 2 is 2.14 bits per heavy atom. The molecule has 1 atom stereocenters. The highest BCUT2D eigenvalue weighted by Gasteiger charge is 2.13. The van der Waals surface area contributed by atoms with Gasteiger partial charge in [0.05, 0.1) is 10.6 Å². The molecule has 2 aromatic rings. The molecule has 21 heavy (non-hydrogen) atoms. The van der Waals surface area contributed by atoms with Gasteiger partial charge in [-0.3, -0.25) is 0 Å². The largest absolute Gasteiger partial charge is 0.436 e. The highest BCUT2D eigenvalue weighted by Crippen LogP contribution is 2.31. The summed E-state index contributed by atoms with van der Waals surface area (Å²) in [4.78, 5) is 4.79. The first-order valence-electron chi connectivity index (χ1n) is 7.16. The third kappa shape index (κ3) is 4.08. The lowest BCUT2D eigenvalue weighted by Crippen LogP contribution is -2.19. The van der Waals surface area contributed by atoms with Gasteiger partial charge in [-0.25, -0.2) is 9.37 Å².